The lowest BCUT2D eigenvalue weighted by atomic mass is 9.90. The van der Waals surface area contributed by atoms with E-state index >= 15 is 0 Å². The molecule has 5 nitrogen and oxygen atoms in total. The molecule has 1 aromatic carbocycles. The van der Waals surface area contributed by atoms with Gasteiger partial charge in [-0.25, -0.2) is 0 Å². The standard InChI is InChI=1S/C14H17BrO5/c1-19-10-5-9(13(18)12(15)14(10)20-2)8(6-11(16)17)7-3-4-7/h5,7-8,18H,3-4,6H2,1-2H3,(H,16,17). The van der Waals surface area contributed by atoms with Crippen LogP contribution >= 0.6 is 15.9 Å². The fourth-order valence-corrected chi connectivity index (χ4v) is 3.05. The summed E-state index contributed by atoms with van der Waals surface area (Å²) in [6.07, 6.45) is 1.98. The van der Waals surface area contributed by atoms with E-state index in [-0.39, 0.29) is 18.1 Å². The first-order valence-corrected chi connectivity index (χ1v) is 7.14. The number of halogens is 1. The fraction of sp³-hybridized carbons (Fsp3) is 0.500. The Bertz CT molecular complexity index is 525. The number of benzene rings is 1. The molecule has 110 valence electrons. The maximum Gasteiger partial charge on any atom is 0.303 e. The predicted molar refractivity (Wildman–Crippen MR) is 76.6 cm³/mol. The molecule has 0 radical (unpaired) electrons. The van der Waals surface area contributed by atoms with E-state index in [1.165, 1.54) is 14.2 Å². The zero-order valence-corrected chi connectivity index (χ0v) is 12.9. The lowest BCUT2D eigenvalue weighted by Crippen LogP contribution is -2.09. The Hall–Kier alpha value is -1.43. The molecule has 1 unspecified atom stereocenters. The number of rotatable bonds is 6. The average Bonchev–Trinajstić information content (AvgIpc) is 3.23. The van der Waals surface area contributed by atoms with E-state index in [0.717, 1.165) is 12.8 Å². The van der Waals surface area contributed by atoms with Gasteiger partial charge in [0.15, 0.2) is 11.5 Å². The van der Waals surface area contributed by atoms with Gasteiger partial charge >= 0.3 is 5.97 Å². The van der Waals surface area contributed by atoms with E-state index in [1.54, 1.807) is 6.07 Å². The number of hydrogen-bond donors (Lipinski definition) is 2. The van der Waals surface area contributed by atoms with Gasteiger partial charge in [-0.2, -0.15) is 0 Å². The largest absolute Gasteiger partial charge is 0.506 e. The first-order valence-electron chi connectivity index (χ1n) is 6.34. The summed E-state index contributed by atoms with van der Waals surface area (Å²) in [5, 5.41) is 19.4. The second kappa shape index (κ2) is 5.91. The van der Waals surface area contributed by atoms with Crippen molar-refractivity contribution in [1.29, 1.82) is 0 Å². The van der Waals surface area contributed by atoms with Crippen LogP contribution in [-0.4, -0.2) is 30.4 Å². The van der Waals surface area contributed by atoms with Crippen LogP contribution in [0.15, 0.2) is 10.5 Å². The van der Waals surface area contributed by atoms with Crippen molar-refractivity contribution in [3.8, 4) is 17.2 Å². The van der Waals surface area contributed by atoms with Crippen LogP contribution in [0, 0.1) is 5.92 Å². The van der Waals surface area contributed by atoms with Crippen LogP contribution in [0.5, 0.6) is 17.2 Å². The van der Waals surface area contributed by atoms with Crippen LogP contribution in [0.2, 0.25) is 0 Å². The Morgan fingerprint density at radius 1 is 1.45 bits per heavy atom. The minimum atomic E-state index is -0.868. The Kier molecular flexibility index (Phi) is 4.42. The molecule has 0 saturated heterocycles. The van der Waals surface area contributed by atoms with Gasteiger partial charge in [0, 0.05) is 11.5 Å². The molecule has 1 fully saturated rings. The zero-order valence-electron chi connectivity index (χ0n) is 11.4. The second-order valence-corrected chi connectivity index (χ2v) is 5.70. The molecule has 1 saturated carbocycles. The number of aromatic hydroxyl groups is 1. The second-order valence-electron chi connectivity index (χ2n) is 4.91. The summed E-state index contributed by atoms with van der Waals surface area (Å²) >= 11 is 3.28. The van der Waals surface area contributed by atoms with E-state index in [2.05, 4.69) is 15.9 Å². The molecule has 2 N–H and O–H groups in total. The van der Waals surface area contributed by atoms with Crippen molar-refractivity contribution in [2.45, 2.75) is 25.2 Å². The normalized spacial score (nSPS) is 15.8. The minimum absolute atomic E-state index is 0.000149. The highest BCUT2D eigenvalue weighted by Gasteiger charge is 2.36. The van der Waals surface area contributed by atoms with Crippen LogP contribution in [0.25, 0.3) is 0 Å². The van der Waals surface area contributed by atoms with Crippen LogP contribution in [-0.2, 0) is 4.79 Å². The van der Waals surface area contributed by atoms with Gasteiger partial charge in [0.05, 0.1) is 20.6 Å². The summed E-state index contributed by atoms with van der Waals surface area (Å²) < 4.78 is 10.8. The lowest BCUT2D eigenvalue weighted by Gasteiger charge is -2.20. The number of methoxy groups -OCH3 is 2. The van der Waals surface area contributed by atoms with E-state index in [9.17, 15) is 9.90 Å². The lowest BCUT2D eigenvalue weighted by molar-refractivity contribution is -0.137. The molecule has 0 aliphatic heterocycles. The van der Waals surface area contributed by atoms with Crippen molar-refractivity contribution in [2.24, 2.45) is 5.92 Å². The molecule has 6 heteroatoms. The molecule has 0 aromatic heterocycles. The molecule has 0 bridgehead atoms. The van der Waals surface area contributed by atoms with Crippen molar-refractivity contribution in [2.75, 3.05) is 14.2 Å². The first-order chi connectivity index (χ1) is 9.49. The highest BCUT2D eigenvalue weighted by molar-refractivity contribution is 9.10. The van der Waals surface area contributed by atoms with Gasteiger partial charge in [-0.15, -0.1) is 0 Å². The van der Waals surface area contributed by atoms with Crippen LogP contribution in [0.4, 0.5) is 0 Å². The number of carboxylic acids is 1. The number of aliphatic carboxylic acids is 1. The molecule has 1 aromatic rings. The predicted octanol–water partition coefficient (Wildman–Crippen LogP) is 3.14. The topological polar surface area (TPSA) is 76.0 Å². The van der Waals surface area contributed by atoms with Crippen molar-refractivity contribution < 1.29 is 24.5 Å². The van der Waals surface area contributed by atoms with E-state index < -0.39 is 5.97 Å². The van der Waals surface area contributed by atoms with E-state index in [4.69, 9.17) is 14.6 Å². The summed E-state index contributed by atoms with van der Waals surface area (Å²) in [7, 11) is 2.99. The van der Waals surface area contributed by atoms with Gasteiger partial charge in [0.25, 0.3) is 0 Å². The highest BCUT2D eigenvalue weighted by Crippen LogP contribution is 2.52. The number of hydrogen-bond acceptors (Lipinski definition) is 4. The molecule has 1 atom stereocenters. The Morgan fingerprint density at radius 3 is 2.55 bits per heavy atom. The Balaban J connectivity index is 2.48. The molecule has 0 amide bonds. The summed E-state index contributed by atoms with van der Waals surface area (Å²) in [5.41, 5.74) is 0.597. The molecular formula is C14H17BrO5. The van der Waals surface area contributed by atoms with Crippen LogP contribution in [0.1, 0.15) is 30.7 Å². The molecule has 0 spiro atoms. The molecule has 20 heavy (non-hydrogen) atoms. The van der Waals surface area contributed by atoms with Gasteiger partial charge in [-0.3, -0.25) is 4.79 Å². The minimum Gasteiger partial charge on any atom is -0.506 e. The number of carboxylic acid groups (broad SMARTS) is 1. The summed E-state index contributed by atoms with van der Waals surface area (Å²) in [4.78, 5) is 11.0. The van der Waals surface area contributed by atoms with Crippen molar-refractivity contribution in [1.82, 2.24) is 0 Å². The summed E-state index contributed by atoms with van der Waals surface area (Å²) in [6, 6.07) is 1.67. The number of ether oxygens (including phenoxy) is 2. The van der Waals surface area contributed by atoms with Gasteiger partial charge in [-0.1, -0.05) is 0 Å². The highest BCUT2D eigenvalue weighted by atomic mass is 79.9. The summed E-state index contributed by atoms with van der Waals surface area (Å²) in [5.74, 6) is 0.139. The first kappa shape index (κ1) is 15.0. The third-order valence-corrected chi connectivity index (χ3v) is 4.34. The van der Waals surface area contributed by atoms with Crippen LogP contribution < -0.4 is 9.47 Å². The van der Waals surface area contributed by atoms with Crippen molar-refractivity contribution in [3.05, 3.63) is 16.1 Å². The molecule has 2 rings (SSSR count). The van der Waals surface area contributed by atoms with Crippen molar-refractivity contribution in [3.63, 3.8) is 0 Å². The third kappa shape index (κ3) is 2.85. The average molecular weight is 345 g/mol. The van der Waals surface area contributed by atoms with E-state index in [1.807, 2.05) is 0 Å². The van der Waals surface area contributed by atoms with Gasteiger partial charge in [-0.05, 0) is 40.8 Å². The number of carbonyl (C=O) groups is 1. The zero-order chi connectivity index (χ0) is 14.9. The molecule has 0 heterocycles. The number of phenols is 1. The molecule has 1 aliphatic carbocycles. The number of phenolic OH excluding ortho intramolecular Hbond substituents is 1. The third-order valence-electron chi connectivity index (χ3n) is 3.60. The fourth-order valence-electron chi connectivity index (χ4n) is 2.46. The van der Waals surface area contributed by atoms with Gasteiger partial charge in [0.1, 0.15) is 10.2 Å². The Labute approximate surface area is 125 Å². The SMILES string of the molecule is COc1cc(C(CC(=O)O)C2CC2)c(O)c(Br)c1OC. The monoisotopic (exact) mass is 344 g/mol. The quantitative estimate of drug-likeness (QED) is 0.828. The van der Waals surface area contributed by atoms with E-state index in [0.29, 0.717) is 27.5 Å². The van der Waals surface area contributed by atoms with Gasteiger partial charge in [0.2, 0.25) is 0 Å². The van der Waals surface area contributed by atoms with Crippen molar-refractivity contribution >= 4 is 21.9 Å². The smallest absolute Gasteiger partial charge is 0.303 e. The maximum atomic E-state index is 11.0. The summed E-state index contributed by atoms with van der Waals surface area (Å²) in [6.45, 7) is 0. The van der Waals surface area contributed by atoms with Gasteiger partial charge < -0.3 is 19.7 Å². The maximum absolute atomic E-state index is 11.0. The Morgan fingerprint density at radius 2 is 2.10 bits per heavy atom. The molecular weight excluding hydrogens is 328 g/mol. The van der Waals surface area contributed by atoms with Crippen LogP contribution in [0.3, 0.4) is 0 Å². The molecule has 1 aliphatic rings.